The first-order valence-corrected chi connectivity index (χ1v) is 5.52. The molecule has 3 nitrogen and oxygen atoms in total. The second-order valence-corrected chi connectivity index (χ2v) is 3.65. The van der Waals surface area contributed by atoms with Crippen LogP contribution in [0.3, 0.4) is 0 Å². The van der Waals surface area contributed by atoms with Crippen molar-refractivity contribution >= 4 is 0 Å². The molecule has 0 amide bonds. The molecule has 82 valence electrons. The van der Waals surface area contributed by atoms with Crippen molar-refractivity contribution in [3.8, 4) is 6.07 Å². The lowest BCUT2D eigenvalue weighted by molar-refractivity contribution is 0.415. The number of hydrogen-bond donors (Lipinski definition) is 1. The van der Waals surface area contributed by atoms with E-state index < -0.39 is 0 Å². The lowest BCUT2D eigenvalue weighted by atomic mass is 10.1. The minimum absolute atomic E-state index is 0.385. The van der Waals surface area contributed by atoms with E-state index in [1.165, 1.54) is 12.8 Å². The summed E-state index contributed by atoms with van der Waals surface area (Å²) in [5.74, 6) is 1.22. The van der Waals surface area contributed by atoms with Crippen LogP contribution in [-0.4, -0.2) is 6.04 Å². The molecule has 1 unspecified atom stereocenters. The van der Waals surface area contributed by atoms with Crippen LogP contribution in [0.4, 0.5) is 0 Å². The van der Waals surface area contributed by atoms with Gasteiger partial charge < -0.3 is 9.73 Å². The Kier molecular flexibility index (Phi) is 4.92. The van der Waals surface area contributed by atoms with Crippen molar-refractivity contribution in [3.05, 3.63) is 23.7 Å². The monoisotopic (exact) mass is 206 g/mol. The molecule has 1 aromatic heterocycles. The maximum absolute atomic E-state index is 8.59. The third-order valence-electron chi connectivity index (χ3n) is 2.47. The molecule has 0 aliphatic rings. The zero-order valence-electron chi connectivity index (χ0n) is 9.42. The van der Waals surface area contributed by atoms with Crippen molar-refractivity contribution in [3.63, 3.8) is 0 Å². The number of rotatable bonds is 6. The number of nitrogens with one attached hydrogen (secondary N) is 1. The van der Waals surface area contributed by atoms with Gasteiger partial charge in [0.2, 0.25) is 5.76 Å². The predicted octanol–water partition coefficient (Wildman–Crippen LogP) is 2.82. The molecule has 15 heavy (non-hydrogen) atoms. The maximum atomic E-state index is 8.59. The maximum Gasteiger partial charge on any atom is 0.203 e. The Morgan fingerprint density at radius 1 is 1.47 bits per heavy atom. The van der Waals surface area contributed by atoms with Gasteiger partial charge in [0.05, 0.1) is 6.54 Å². The molecule has 1 aromatic rings. The molecule has 1 atom stereocenters. The van der Waals surface area contributed by atoms with Crippen LogP contribution in [0.2, 0.25) is 0 Å². The van der Waals surface area contributed by atoms with Gasteiger partial charge in [-0.1, -0.05) is 20.3 Å². The molecule has 0 fully saturated rings. The van der Waals surface area contributed by atoms with Crippen molar-refractivity contribution in [1.82, 2.24) is 5.32 Å². The number of nitriles is 1. The standard InChI is InChI=1S/C12H18N2O/c1-3-5-10(4-2)14-9-12-7-6-11(8-13)15-12/h6-7,10,14H,3-5,9H2,1-2H3. The quantitative estimate of drug-likeness (QED) is 0.778. The van der Waals surface area contributed by atoms with Crippen LogP contribution in [-0.2, 0) is 6.54 Å². The third-order valence-corrected chi connectivity index (χ3v) is 2.47. The number of hydrogen-bond acceptors (Lipinski definition) is 3. The number of nitrogens with zero attached hydrogens (tertiary/aromatic N) is 1. The summed E-state index contributed by atoms with van der Waals surface area (Å²) in [6, 6.07) is 6.08. The van der Waals surface area contributed by atoms with Gasteiger partial charge in [-0.15, -0.1) is 0 Å². The van der Waals surface area contributed by atoms with E-state index in [0.717, 1.165) is 12.2 Å². The van der Waals surface area contributed by atoms with Crippen LogP contribution in [0.1, 0.15) is 44.6 Å². The first kappa shape index (κ1) is 11.8. The van der Waals surface area contributed by atoms with Crippen molar-refractivity contribution in [1.29, 1.82) is 5.26 Å². The van der Waals surface area contributed by atoms with Crippen LogP contribution in [0, 0.1) is 11.3 Å². The molecule has 0 aromatic carbocycles. The zero-order chi connectivity index (χ0) is 11.1. The molecule has 1 heterocycles. The topological polar surface area (TPSA) is 49.0 Å². The molecule has 0 bridgehead atoms. The average molecular weight is 206 g/mol. The Balaban J connectivity index is 2.38. The molecular weight excluding hydrogens is 188 g/mol. The van der Waals surface area contributed by atoms with E-state index in [0.29, 0.717) is 18.3 Å². The Bertz CT molecular complexity index is 325. The largest absolute Gasteiger partial charge is 0.449 e. The van der Waals surface area contributed by atoms with Crippen molar-refractivity contribution in [2.75, 3.05) is 0 Å². The van der Waals surface area contributed by atoms with Gasteiger partial charge in [0.1, 0.15) is 11.8 Å². The molecule has 0 spiro atoms. The summed E-state index contributed by atoms with van der Waals surface area (Å²) in [7, 11) is 0. The van der Waals surface area contributed by atoms with E-state index in [1.807, 2.05) is 12.1 Å². The fourth-order valence-electron chi connectivity index (χ4n) is 1.58. The Hall–Kier alpha value is -1.27. The van der Waals surface area contributed by atoms with Gasteiger partial charge in [0.25, 0.3) is 0 Å². The summed E-state index contributed by atoms with van der Waals surface area (Å²) in [6.45, 7) is 5.07. The second kappa shape index (κ2) is 6.26. The molecular formula is C12H18N2O. The molecule has 1 rings (SSSR count). The van der Waals surface area contributed by atoms with Crippen LogP contribution >= 0.6 is 0 Å². The Morgan fingerprint density at radius 2 is 2.27 bits per heavy atom. The minimum atomic E-state index is 0.385. The van der Waals surface area contributed by atoms with E-state index in [1.54, 1.807) is 6.07 Å². The van der Waals surface area contributed by atoms with Crippen LogP contribution in [0.25, 0.3) is 0 Å². The van der Waals surface area contributed by atoms with Gasteiger partial charge in [-0.25, -0.2) is 0 Å². The minimum Gasteiger partial charge on any atom is -0.449 e. The third kappa shape index (κ3) is 3.77. The van der Waals surface area contributed by atoms with E-state index in [-0.39, 0.29) is 0 Å². The highest BCUT2D eigenvalue weighted by molar-refractivity contribution is 5.18. The summed E-state index contributed by atoms with van der Waals surface area (Å²) in [5, 5.41) is 12.0. The first-order chi connectivity index (χ1) is 7.30. The fraction of sp³-hybridized carbons (Fsp3) is 0.583. The van der Waals surface area contributed by atoms with E-state index in [9.17, 15) is 0 Å². The second-order valence-electron chi connectivity index (χ2n) is 3.65. The van der Waals surface area contributed by atoms with Gasteiger partial charge in [0, 0.05) is 6.04 Å². The van der Waals surface area contributed by atoms with Crippen molar-refractivity contribution in [2.45, 2.75) is 45.7 Å². The fourth-order valence-corrected chi connectivity index (χ4v) is 1.58. The van der Waals surface area contributed by atoms with Gasteiger partial charge in [-0.05, 0) is 25.0 Å². The lowest BCUT2D eigenvalue weighted by Gasteiger charge is -2.14. The van der Waals surface area contributed by atoms with E-state index >= 15 is 0 Å². The van der Waals surface area contributed by atoms with Crippen LogP contribution in [0.15, 0.2) is 16.5 Å². The molecule has 1 N–H and O–H groups in total. The molecule has 0 saturated heterocycles. The predicted molar refractivity (Wildman–Crippen MR) is 59.2 cm³/mol. The summed E-state index contributed by atoms with van der Waals surface area (Å²) in [6.07, 6.45) is 3.50. The first-order valence-electron chi connectivity index (χ1n) is 5.52. The Morgan fingerprint density at radius 3 is 2.80 bits per heavy atom. The summed E-state index contributed by atoms with van der Waals surface area (Å²) >= 11 is 0. The van der Waals surface area contributed by atoms with E-state index in [4.69, 9.17) is 9.68 Å². The van der Waals surface area contributed by atoms with Crippen LogP contribution in [0.5, 0.6) is 0 Å². The van der Waals surface area contributed by atoms with Crippen molar-refractivity contribution < 1.29 is 4.42 Å². The summed E-state index contributed by atoms with van der Waals surface area (Å²) in [4.78, 5) is 0. The molecule has 0 aliphatic heterocycles. The lowest BCUT2D eigenvalue weighted by Crippen LogP contribution is -2.27. The van der Waals surface area contributed by atoms with Crippen LogP contribution < -0.4 is 5.32 Å². The number of furan rings is 1. The molecule has 3 heteroatoms. The average Bonchev–Trinajstić information content (AvgIpc) is 2.72. The smallest absolute Gasteiger partial charge is 0.203 e. The van der Waals surface area contributed by atoms with Crippen molar-refractivity contribution in [2.24, 2.45) is 0 Å². The molecule has 0 aliphatic carbocycles. The van der Waals surface area contributed by atoms with Gasteiger partial charge in [-0.3, -0.25) is 0 Å². The van der Waals surface area contributed by atoms with Gasteiger partial charge in [0.15, 0.2) is 0 Å². The highest BCUT2D eigenvalue weighted by Crippen LogP contribution is 2.08. The highest BCUT2D eigenvalue weighted by atomic mass is 16.3. The SMILES string of the molecule is CCCC(CC)NCc1ccc(C#N)o1. The van der Waals surface area contributed by atoms with Gasteiger partial charge in [-0.2, -0.15) is 5.26 Å². The molecule has 0 radical (unpaired) electrons. The summed E-state index contributed by atoms with van der Waals surface area (Å²) < 4.78 is 5.28. The zero-order valence-corrected chi connectivity index (χ0v) is 9.42. The Labute approximate surface area is 91.1 Å². The normalized spacial score (nSPS) is 12.3. The van der Waals surface area contributed by atoms with E-state index in [2.05, 4.69) is 19.2 Å². The summed E-state index contributed by atoms with van der Waals surface area (Å²) in [5.41, 5.74) is 0. The highest BCUT2D eigenvalue weighted by Gasteiger charge is 2.06. The van der Waals surface area contributed by atoms with Gasteiger partial charge >= 0.3 is 0 Å². The molecule has 0 saturated carbocycles.